The van der Waals surface area contributed by atoms with Crippen LogP contribution in [-0.2, 0) is 16.0 Å². The summed E-state index contributed by atoms with van der Waals surface area (Å²) < 4.78 is 6.33. The van der Waals surface area contributed by atoms with Crippen molar-refractivity contribution in [2.45, 2.75) is 6.42 Å². The number of likely N-dealkylation sites (N-methyl/N-ethyl adjacent to an activating group) is 1. The number of amides is 2. The summed E-state index contributed by atoms with van der Waals surface area (Å²) >= 11 is 3.40. The number of aromatic amines is 1. The van der Waals surface area contributed by atoms with E-state index in [0.717, 1.165) is 20.9 Å². The zero-order valence-electron chi connectivity index (χ0n) is 13.9. The lowest BCUT2D eigenvalue weighted by molar-refractivity contribution is -0.121. The maximum absolute atomic E-state index is 12.4. The van der Waals surface area contributed by atoms with Crippen LogP contribution in [0.5, 0.6) is 5.75 Å². The summed E-state index contributed by atoms with van der Waals surface area (Å²) in [5.41, 5.74) is 2.29. The minimum Gasteiger partial charge on any atom is -0.482 e. The van der Waals surface area contributed by atoms with Crippen molar-refractivity contribution in [1.82, 2.24) is 10.2 Å². The lowest BCUT2D eigenvalue weighted by Crippen LogP contribution is -2.35. The van der Waals surface area contributed by atoms with Crippen molar-refractivity contribution in [3.05, 3.63) is 46.4 Å². The van der Waals surface area contributed by atoms with Crippen LogP contribution in [0.3, 0.4) is 0 Å². The first-order valence-corrected chi connectivity index (χ1v) is 8.76. The van der Waals surface area contributed by atoms with Crippen LogP contribution in [0.2, 0.25) is 0 Å². The molecule has 2 heterocycles. The summed E-state index contributed by atoms with van der Waals surface area (Å²) in [5.74, 6) is 0.825. The Balaban J connectivity index is 1.52. The van der Waals surface area contributed by atoms with Crippen LogP contribution in [0.4, 0.5) is 11.5 Å². The molecular weight excluding hydrogens is 400 g/mol. The van der Waals surface area contributed by atoms with E-state index in [4.69, 9.17) is 4.74 Å². The highest BCUT2D eigenvalue weighted by Crippen LogP contribution is 2.32. The monoisotopic (exact) mass is 414 g/mol. The van der Waals surface area contributed by atoms with E-state index in [9.17, 15) is 9.59 Å². The van der Waals surface area contributed by atoms with Crippen LogP contribution >= 0.6 is 15.9 Å². The molecule has 1 aliphatic heterocycles. The fraction of sp³-hybridized carbons (Fsp3) is 0.167. The van der Waals surface area contributed by atoms with Crippen LogP contribution in [0.25, 0.3) is 10.9 Å². The molecule has 2 aromatic carbocycles. The Morgan fingerprint density at radius 1 is 1.35 bits per heavy atom. The maximum atomic E-state index is 12.4. The normalized spacial score (nSPS) is 13.5. The number of benzene rings is 2. The summed E-state index contributed by atoms with van der Waals surface area (Å²) in [6, 6.07) is 11.1. The number of fused-ring (bicyclic) bond motifs is 2. The molecule has 0 bridgehead atoms. The van der Waals surface area contributed by atoms with Crippen molar-refractivity contribution in [3.63, 3.8) is 0 Å². The molecule has 26 heavy (non-hydrogen) atoms. The Morgan fingerprint density at radius 2 is 2.19 bits per heavy atom. The fourth-order valence-electron chi connectivity index (χ4n) is 2.88. The fourth-order valence-corrected chi connectivity index (χ4v) is 3.24. The van der Waals surface area contributed by atoms with Gasteiger partial charge in [0, 0.05) is 16.9 Å². The number of aromatic nitrogens is 2. The number of carbonyl (C=O) groups is 2. The Morgan fingerprint density at radius 3 is 3.04 bits per heavy atom. The highest BCUT2D eigenvalue weighted by Gasteiger charge is 2.22. The third-order valence-corrected chi connectivity index (χ3v) is 4.75. The number of hydrogen-bond acceptors (Lipinski definition) is 4. The molecule has 4 rings (SSSR count). The van der Waals surface area contributed by atoms with E-state index in [1.165, 1.54) is 0 Å². The van der Waals surface area contributed by atoms with Crippen molar-refractivity contribution >= 4 is 50.2 Å². The highest BCUT2D eigenvalue weighted by molar-refractivity contribution is 9.10. The number of anilines is 2. The van der Waals surface area contributed by atoms with Gasteiger partial charge in [-0.2, -0.15) is 5.10 Å². The Labute approximate surface area is 157 Å². The maximum Gasteiger partial charge on any atom is 0.264 e. The van der Waals surface area contributed by atoms with E-state index in [0.29, 0.717) is 17.3 Å². The molecule has 0 unspecified atom stereocenters. The average molecular weight is 415 g/mol. The van der Waals surface area contributed by atoms with Crippen molar-refractivity contribution in [2.75, 3.05) is 23.9 Å². The Bertz CT molecular complexity index is 1030. The van der Waals surface area contributed by atoms with Gasteiger partial charge in [0.05, 0.1) is 17.6 Å². The molecule has 0 aliphatic carbocycles. The van der Waals surface area contributed by atoms with Crippen molar-refractivity contribution < 1.29 is 14.3 Å². The second-order valence-corrected chi connectivity index (χ2v) is 6.95. The van der Waals surface area contributed by atoms with Gasteiger partial charge >= 0.3 is 0 Å². The molecule has 2 N–H and O–H groups in total. The molecule has 8 heteroatoms. The van der Waals surface area contributed by atoms with E-state index in [-0.39, 0.29) is 24.8 Å². The minimum absolute atomic E-state index is 0.0334. The summed E-state index contributed by atoms with van der Waals surface area (Å²) in [4.78, 5) is 25.7. The summed E-state index contributed by atoms with van der Waals surface area (Å²) in [7, 11) is 1.70. The number of halogens is 1. The van der Waals surface area contributed by atoms with Crippen LogP contribution < -0.4 is 15.0 Å². The van der Waals surface area contributed by atoms with Gasteiger partial charge < -0.3 is 15.0 Å². The Hall–Kier alpha value is -2.87. The average Bonchev–Trinajstić information content (AvgIpc) is 3.00. The molecule has 3 aromatic rings. The first-order chi connectivity index (χ1) is 12.5. The van der Waals surface area contributed by atoms with E-state index >= 15 is 0 Å². The van der Waals surface area contributed by atoms with Crippen molar-refractivity contribution in [3.8, 4) is 5.75 Å². The quantitative estimate of drug-likeness (QED) is 0.689. The van der Waals surface area contributed by atoms with Gasteiger partial charge in [-0.15, -0.1) is 0 Å². The lowest BCUT2D eigenvalue weighted by atomic mass is 10.1. The number of rotatable bonds is 3. The molecule has 0 radical (unpaired) electrons. The number of carbonyl (C=O) groups excluding carboxylic acids is 2. The summed E-state index contributed by atoms with van der Waals surface area (Å²) in [5, 5.41) is 10.7. The van der Waals surface area contributed by atoms with Crippen LogP contribution in [0.1, 0.15) is 5.56 Å². The van der Waals surface area contributed by atoms with Gasteiger partial charge in [0.2, 0.25) is 5.91 Å². The smallest absolute Gasteiger partial charge is 0.264 e. The molecule has 0 saturated heterocycles. The number of nitrogens with one attached hydrogen (secondary N) is 2. The summed E-state index contributed by atoms with van der Waals surface area (Å²) in [6.07, 6.45) is 0.167. The molecule has 1 aromatic heterocycles. The zero-order valence-corrected chi connectivity index (χ0v) is 15.5. The number of ether oxygens (including phenoxy) is 1. The number of H-pyrrole nitrogens is 1. The largest absolute Gasteiger partial charge is 0.482 e. The topological polar surface area (TPSA) is 87.3 Å². The van der Waals surface area contributed by atoms with Crippen LogP contribution in [0.15, 0.2) is 40.9 Å². The van der Waals surface area contributed by atoms with Crippen molar-refractivity contribution in [1.29, 1.82) is 0 Å². The molecule has 0 atom stereocenters. The Kier molecular flexibility index (Phi) is 4.12. The van der Waals surface area contributed by atoms with E-state index in [1.54, 1.807) is 24.1 Å². The SMILES string of the molecule is CN1C(=O)COc2ccc(CC(=O)Nc3n[nH]c4cc(Br)ccc34)cc21. The molecule has 0 spiro atoms. The predicted molar refractivity (Wildman–Crippen MR) is 101 cm³/mol. The number of nitrogens with zero attached hydrogens (tertiary/aromatic N) is 2. The second kappa shape index (κ2) is 6.45. The minimum atomic E-state index is -0.188. The molecule has 132 valence electrons. The van der Waals surface area contributed by atoms with Gasteiger partial charge in [-0.1, -0.05) is 22.0 Å². The van der Waals surface area contributed by atoms with E-state index in [1.807, 2.05) is 24.3 Å². The third-order valence-electron chi connectivity index (χ3n) is 4.26. The highest BCUT2D eigenvalue weighted by atomic mass is 79.9. The molecule has 7 nitrogen and oxygen atoms in total. The van der Waals surface area contributed by atoms with E-state index < -0.39 is 0 Å². The van der Waals surface area contributed by atoms with Crippen molar-refractivity contribution in [2.24, 2.45) is 0 Å². The standard InChI is InChI=1S/C18H15BrN4O3/c1-23-14-6-10(2-5-15(14)26-9-17(23)25)7-16(24)20-18-12-4-3-11(19)8-13(12)21-22-18/h2-6,8H,7,9H2,1H3,(H2,20,21,22,24). The summed E-state index contributed by atoms with van der Waals surface area (Å²) in [6.45, 7) is 0.0334. The van der Waals surface area contributed by atoms with Crippen LogP contribution in [-0.4, -0.2) is 35.7 Å². The first kappa shape index (κ1) is 16.6. The van der Waals surface area contributed by atoms with Gasteiger partial charge in [0.25, 0.3) is 5.91 Å². The predicted octanol–water partition coefficient (Wildman–Crippen LogP) is 2.86. The molecule has 1 aliphatic rings. The molecule has 2 amide bonds. The van der Waals surface area contributed by atoms with Gasteiger partial charge in [-0.05, 0) is 35.9 Å². The molecular formula is C18H15BrN4O3. The third kappa shape index (κ3) is 3.03. The number of hydrogen-bond donors (Lipinski definition) is 2. The second-order valence-electron chi connectivity index (χ2n) is 6.03. The zero-order chi connectivity index (χ0) is 18.3. The van der Waals surface area contributed by atoms with Gasteiger partial charge in [-0.3, -0.25) is 14.7 Å². The molecule has 0 saturated carbocycles. The van der Waals surface area contributed by atoms with Gasteiger partial charge in [0.15, 0.2) is 12.4 Å². The van der Waals surface area contributed by atoms with Gasteiger partial charge in [0.1, 0.15) is 5.75 Å². The van der Waals surface area contributed by atoms with Crippen LogP contribution in [0, 0.1) is 0 Å². The molecule has 0 fully saturated rings. The van der Waals surface area contributed by atoms with Gasteiger partial charge in [-0.25, -0.2) is 0 Å². The first-order valence-electron chi connectivity index (χ1n) is 7.97. The van der Waals surface area contributed by atoms with E-state index in [2.05, 4.69) is 31.4 Å². The lowest BCUT2D eigenvalue weighted by Gasteiger charge is -2.26.